The molecule has 0 bridgehead atoms. The lowest BCUT2D eigenvalue weighted by Gasteiger charge is -2.20. The van der Waals surface area contributed by atoms with E-state index in [9.17, 15) is 13.2 Å². The predicted octanol–water partition coefficient (Wildman–Crippen LogP) is 0.599. The lowest BCUT2D eigenvalue weighted by atomic mass is 10.2. The van der Waals surface area contributed by atoms with Crippen LogP contribution in [0.3, 0.4) is 0 Å². The summed E-state index contributed by atoms with van der Waals surface area (Å²) in [5, 5.41) is 2.83. The number of carbonyl (C=O) groups excluding carboxylic acids is 1. The van der Waals surface area contributed by atoms with Crippen LogP contribution in [0, 0.1) is 0 Å². The topological polar surface area (TPSA) is 79.4 Å². The van der Waals surface area contributed by atoms with Gasteiger partial charge < -0.3 is 10.2 Å². The first-order chi connectivity index (χ1) is 10.1. The van der Waals surface area contributed by atoms with Gasteiger partial charge in [0, 0.05) is 25.3 Å². The standard InChI is InChI=1S/C14H19N3O3S/c18-14(16-11-5-9-21(19,20)10-11)12-4-3-6-15-13(12)17-7-1-2-8-17/h3-4,6,11H,1-2,5,7-10H2,(H,16,18). The van der Waals surface area contributed by atoms with Crippen LogP contribution in [0.2, 0.25) is 0 Å². The summed E-state index contributed by atoms with van der Waals surface area (Å²) in [6, 6.07) is 3.20. The Morgan fingerprint density at radius 2 is 2.10 bits per heavy atom. The molecule has 114 valence electrons. The van der Waals surface area contributed by atoms with Crippen molar-refractivity contribution in [3.63, 3.8) is 0 Å². The Bertz CT molecular complexity index is 639. The molecule has 1 aromatic heterocycles. The number of anilines is 1. The highest BCUT2D eigenvalue weighted by molar-refractivity contribution is 7.91. The number of carbonyl (C=O) groups is 1. The van der Waals surface area contributed by atoms with Crippen LogP contribution in [0.5, 0.6) is 0 Å². The van der Waals surface area contributed by atoms with Crippen LogP contribution < -0.4 is 10.2 Å². The maximum Gasteiger partial charge on any atom is 0.255 e. The molecule has 2 aliphatic heterocycles. The summed E-state index contributed by atoms with van der Waals surface area (Å²) >= 11 is 0. The summed E-state index contributed by atoms with van der Waals surface area (Å²) in [5.74, 6) is 0.669. The van der Waals surface area contributed by atoms with E-state index in [-0.39, 0.29) is 23.5 Å². The molecule has 3 rings (SSSR count). The number of nitrogens with zero attached hydrogens (tertiary/aromatic N) is 2. The van der Waals surface area contributed by atoms with Crippen molar-refractivity contribution in [3.05, 3.63) is 23.9 Å². The monoisotopic (exact) mass is 309 g/mol. The molecular formula is C14H19N3O3S. The van der Waals surface area contributed by atoms with Gasteiger partial charge >= 0.3 is 0 Å². The Balaban J connectivity index is 1.75. The highest BCUT2D eigenvalue weighted by Crippen LogP contribution is 2.22. The Hall–Kier alpha value is -1.63. The molecule has 1 atom stereocenters. The number of pyridine rings is 1. The number of hydrogen-bond donors (Lipinski definition) is 1. The van der Waals surface area contributed by atoms with Gasteiger partial charge in [0.2, 0.25) is 0 Å². The molecule has 1 aromatic rings. The summed E-state index contributed by atoms with van der Waals surface area (Å²) in [6.07, 6.45) is 4.40. The molecule has 6 nitrogen and oxygen atoms in total. The minimum Gasteiger partial charge on any atom is -0.356 e. The second-order valence-corrected chi connectivity index (χ2v) is 7.87. The van der Waals surface area contributed by atoms with Crippen LogP contribution in [0.25, 0.3) is 0 Å². The molecule has 0 radical (unpaired) electrons. The van der Waals surface area contributed by atoms with E-state index in [2.05, 4.69) is 15.2 Å². The molecule has 0 aliphatic carbocycles. The summed E-state index contributed by atoms with van der Waals surface area (Å²) in [7, 11) is -2.99. The van der Waals surface area contributed by atoms with Crippen molar-refractivity contribution in [3.8, 4) is 0 Å². The summed E-state index contributed by atoms with van der Waals surface area (Å²) < 4.78 is 22.9. The van der Waals surface area contributed by atoms with Gasteiger partial charge in [0.15, 0.2) is 9.84 Å². The van der Waals surface area contributed by atoms with E-state index in [1.54, 1.807) is 18.3 Å². The first-order valence-electron chi connectivity index (χ1n) is 7.26. The molecule has 0 saturated carbocycles. The van der Waals surface area contributed by atoms with Gasteiger partial charge in [-0.05, 0) is 31.4 Å². The van der Waals surface area contributed by atoms with Crippen molar-refractivity contribution < 1.29 is 13.2 Å². The highest BCUT2D eigenvalue weighted by Gasteiger charge is 2.30. The Morgan fingerprint density at radius 1 is 1.33 bits per heavy atom. The number of hydrogen-bond acceptors (Lipinski definition) is 5. The smallest absolute Gasteiger partial charge is 0.255 e. The molecule has 1 N–H and O–H groups in total. The number of rotatable bonds is 3. The molecule has 0 spiro atoms. The number of nitrogens with one attached hydrogen (secondary N) is 1. The maximum atomic E-state index is 12.4. The zero-order valence-electron chi connectivity index (χ0n) is 11.8. The summed E-state index contributed by atoms with van der Waals surface area (Å²) in [6.45, 7) is 1.82. The molecule has 21 heavy (non-hydrogen) atoms. The van der Waals surface area contributed by atoms with Crippen molar-refractivity contribution in [2.45, 2.75) is 25.3 Å². The normalized spacial score (nSPS) is 24.2. The molecule has 1 unspecified atom stereocenters. The summed E-state index contributed by atoms with van der Waals surface area (Å²) in [4.78, 5) is 18.9. The van der Waals surface area contributed by atoms with Crippen LogP contribution in [0.4, 0.5) is 5.82 Å². The van der Waals surface area contributed by atoms with E-state index in [1.807, 2.05) is 0 Å². The SMILES string of the molecule is O=C(NC1CCS(=O)(=O)C1)c1cccnc1N1CCCC1. The zero-order valence-corrected chi connectivity index (χ0v) is 12.6. The average molecular weight is 309 g/mol. The molecule has 3 heterocycles. The zero-order chi connectivity index (χ0) is 14.9. The maximum absolute atomic E-state index is 12.4. The third-order valence-electron chi connectivity index (χ3n) is 4.00. The van der Waals surface area contributed by atoms with Gasteiger partial charge in [0.25, 0.3) is 5.91 Å². The van der Waals surface area contributed by atoms with Crippen molar-refractivity contribution in [1.29, 1.82) is 0 Å². The van der Waals surface area contributed by atoms with Crippen LogP contribution in [-0.4, -0.2) is 49.9 Å². The molecule has 1 amide bonds. The Kier molecular flexibility index (Phi) is 3.84. The molecule has 2 saturated heterocycles. The Labute approximate surface area is 124 Å². The van der Waals surface area contributed by atoms with Crippen LogP contribution in [0.1, 0.15) is 29.6 Å². The van der Waals surface area contributed by atoms with Crippen molar-refractivity contribution in [2.24, 2.45) is 0 Å². The van der Waals surface area contributed by atoms with Crippen molar-refractivity contribution in [2.75, 3.05) is 29.5 Å². The fourth-order valence-electron chi connectivity index (χ4n) is 2.93. The van der Waals surface area contributed by atoms with Crippen molar-refractivity contribution >= 4 is 21.6 Å². The number of amides is 1. The lowest BCUT2D eigenvalue weighted by Crippen LogP contribution is -2.36. The van der Waals surface area contributed by atoms with Crippen molar-refractivity contribution in [1.82, 2.24) is 10.3 Å². The van der Waals surface area contributed by atoms with Crippen LogP contribution >= 0.6 is 0 Å². The Morgan fingerprint density at radius 3 is 2.76 bits per heavy atom. The van der Waals surface area contributed by atoms with Gasteiger partial charge in [-0.25, -0.2) is 13.4 Å². The quantitative estimate of drug-likeness (QED) is 0.884. The third-order valence-corrected chi connectivity index (χ3v) is 5.77. The van der Waals surface area contributed by atoms with Gasteiger partial charge in [-0.1, -0.05) is 0 Å². The van der Waals surface area contributed by atoms with E-state index in [1.165, 1.54) is 0 Å². The summed E-state index contributed by atoms with van der Waals surface area (Å²) in [5.41, 5.74) is 0.531. The molecular weight excluding hydrogens is 290 g/mol. The van der Waals surface area contributed by atoms with Gasteiger partial charge in [-0.2, -0.15) is 0 Å². The van der Waals surface area contributed by atoms with E-state index >= 15 is 0 Å². The first-order valence-corrected chi connectivity index (χ1v) is 9.08. The van der Waals surface area contributed by atoms with Gasteiger partial charge in [0.1, 0.15) is 5.82 Å². The molecule has 0 aromatic carbocycles. The van der Waals surface area contributed by atoms with Gasteiger partial charge in [-0.3, -0.25) is 4.79 Å². The van der Waals surface area contributed by atoms with E-state index in [0.717, 1.165) is 25.9 Å². The van der Waals surface area contributed by atoms with Crippen LogP contribution in [-0.2, 0) is 9.84 Å². The highest BCUT2D eigenvalue weighted by atomic mass is 32.2. The second-order valence-electron chi connectivity index (χ2n) is 5.64. The van der Waals surface area contributed by atoms with Gasteiger partial charge in [0.05, 0.1) is 17.1 Å². The second kappa shape index (κ2) is 5.63. The van der Waals surface area contributed by atoms with Gasteiger partial charge in [-0.15, -0.1) is 0 Å². The minimum absolute atomic E-state index is 0.0397. The van der Waals surface area contributed by atoms with E-state index in [4.69, 9.17) is 0 Å². The third kappa shape index (κ3) is 3.18. The average Bonchev–Trinajstić information content (AvgIpc) is 3.08. The molecule has 7 heteroatoms. The largest absolute Gasteiger partial charge is 0.356 e. The molecule has 2 aliphatic rings. The van der Waals surface area contributed by atoms with E-state index < -0.39 is 9.84 Å². The first kappa shape index (κ1) is 14.3. The number of aromatic nitrogens is 1. The minimum atomic E-state index is -2.99. The van der Waals surface area contributed by atoms with E-state index in [0.29, 0.717) is 17.8 Å². The lowest BCUT2D eigenvalue weighted by molar-refractivity contribution is 0.0941. The number of sulfone groups is 1. The van der Waals surface area contributed by atoms with Crippen LogP contribution in [0.15, 0.2) is 18.3 Å². The predicted molar refractivity (Wildman–Crippen MR) is 80.2 cm³/mol. The fraction of sp³-hybridized carbons (Fsp3) is 0.571. The fourth-order valence-corrected chi connectivity index (χ4v) is 4.60. The molecule has 2 fully saturated rings.